The van der Waals surface area contributed by atoms with E-state index >= 15 is 0 Å². The molecule has 5 heteroatoms. The quantitative estimate of drug-likeness (QED) is 0.624. The topological polar surface area (TPSA) is 55.8 Å². The van der Waals surface area contributed by atoms with Gasteiger partial charge < -0.3 is 14.3 Å². The lowest BCUT2D eigenvalue weighted by Gasteiger charge is -2.41. The van der Waals surface area contributed by atoms with Gasteiger partial charge in [-0.05, 0) is 36.4 Å². The lowest BCUT2D eigenvalue weighted by molar-refractivity contribution is -0.137. The molecule has 1 aliphatic rings. The molecule has 1 unspecified atom stereocenters. The Bertz CT molecular complexity index is 434. The second-order valence-corrected chi connectivity index (χ2v) is 12.8. The van der Waals surface area contributed by atoms with Crippen LogP contribution in [0.2, 0.25) is 18.1 Å². The first-order valence-electron chi connectivity index (χ1n) is 7.55. The summed E-state index contributed by atoms with van der Waals surface area (Å²) in [5, 5.41) is 10.1. The predicted molar refractivity (Wildman–Crippen MR) is 86.8 cm³/mol. The fourth-order valence-corrected chi connectivity index (χ4v) is 3.34. The molecular weight excluding hydrogens is 284 g/mol. The van der Waals surface area contributed by atoms with Gasteiger partial charge in [-0.3, -0.25) is 0 Å². The van der Waals surface area contributed by atoms with Gasteiger partial charge in [0.05, 0.1) is 12.7 Å². The van der Waals surface area contributed by atoms with Crippen molar-refractivity contribution in [2.24, 2.45) is 5.41 Å². The lowest BCUT2D eigenvalue weighted by atomic mass is 9.75. The van der Waals surface area contributed by atoms with Crippen molar-refractivity contribution in [3.05, 3.63) is 11.3 Å². The number of methoxy groups -OCH3 is 1. The molecule has 0 bridgehead atoms. The third kappa shape index (κ3) is 4.33. The summed E-state index contributed by atoms with van der Waals surface area (Å²) in [6.07, 6.45) is 1.86. The van der Waals surface area contributed by atoms with Gasteiger partial charge >= 0.3 is 5.97 Å². The van der Waals surface area contributed by atoms with Gasteiger partial charge in [0.25, 0.3) is 0 Å². The summed E-state index contributed by atoms with van der Waals surface area (Å²) >= 11 is 0. The average molecular weight is 314 g/mol. The number of rotatable bonds is 4. The molecule has 0 radical (unpaired) electrons. The number of esters is 1. The summed E-state index contributed by atoms with van der Waals surface area (Å²) in [5.41, 5.74) is 0.288. The van der Waals surface area contributed by atoms with Gasteiger partial charge in [-0.25, -0.2) is 4.79 Å². The number of carbonyl (C=O) groups excluding carboxylic acids is 1. The number of aliphatic hydroxyl groups is 1. The molecule has 1 atom stereocenters. The van der Waals surface area contributed by atoms with E-state index in [1.54, 1.807) is 0 Å². The minimum atomic E-state index is -1.81. The largest absolute Gasteiger partial charge is 0.512 e. The van der Waals surface area contributed by atoms with Crippen LogP contribution < -0.4 is 0 Å². The monoisotopic (exact) mass is 314 g/mol. The van der Waals surface area contributed by atoms with Crippen molar-refractivity contribution in [1.82, 2.24) is 0 Å². The number of carbonyl (C=O) groups is 1. The Kier molecular flexibility index (Phi) is 5.32. The number of allylic oxidation sites excluding steroid dienone is 1. The molecule has 0 spiro atoms. The van der Waals surface area contributed by atoms with Crippen LogP contribution in [-0.2, 0) is 14.0 Å². The van der Waals surface area contributed by atoms with Crippen LogP contribution in [0.5, 0.6) is 0 Å². The van der Waals surface area contributed by atoms with Crippen LogP contribution in [0.25, 0.3) is 0 Å². The van der Waals surface area contributed by atoms with Gasteiger partial charge in [0.15, 0.2) is 8.32 Å². The van der Waals surface area contributed by atoms with E-state index in [1.165, 1.54) is 7.11 Å². The van der Waals surface area contributed by atoms with Crippen molar-refractivity contribution in [3.63, 3.8) is 0 Å². The Hall–Kier alpha value is -0.813. The standard InChI is InChI=1S/C16H30O4Si/c1-15(2,3)21(6,7)20-11-16(4)9-8-13(17)12(10-16)14(18)19-5/h17H,8-11H2,1-7H3. The van der Waals surface area contributed by atoms with Gasteiger partial charge in [0.1, 0.15) is 5.76 Å². The number of hydrogen-bond acceptors (Lipinski definition) is 4. The van der Waals surface area contributed by atoms with Crippen LogP contribution in [0.3, 0.4) is 0 Å². The van der Waals surface area contributed by atoms with Crippen molar-refractivity contribution < 1.29 is 19.1 Å². The van der Waals surface area contributed by atoms with Crippen LogP contribution in [0.15, 0.2) is 11.3 Å². The number of aliphatic hydroxyl groups excluding tert-OH is 1. The summed E-state index contributed by atoms with van der Waals surface area (Å²) in [7, 11) is -0.457. The molecule has 1 N–H and O–H groups in total. The zero-order chi connectivity index (χ0) is 16.5. The van der Waals surface area contributed by atoms with E-state index in [1.807, 2.05) is 0 Å². The molecule has 0 saturated carbocycles. The molecule has 4 nitrogen and oxygen atoms in total. The molecule has 1 rings (SSSR count). The Balaban J connectivity index is 2.79. The Morgan fingerprint density at radius 3 is 2.43 bits per heavy atom. The molecule has 0 amide bonds. The van der Waals surface area contributed by atoms with Crippen LogP contribution in [0, 0.1) is 5.41 Å². The molecule has 0 saturated heterocycles. The maximum absolute atomic E-state index is 11.8. The zero-order valence-electron chi connectivity index (χ0n) is 14.5. The van der Waals surface area contributed by atoms with Gasteiger partial charge in [0.2, 0.25) is 0 Å². The summed E-state index contributed by atoms with van der Waals surface area (Å²) in [6.45, 7) is 13.9. The second kappa shape index (κ2) is 6.13. The average Bonchev–Trinajstić information content (AvgIpc) is 2.38. The summed E-state index contributed by atoms with van der Waals surface area (Å²) < 4.78 is 11.1. The van der Waals surface area contributed by atoms with Crippen molar-refractivity contribution in [2.75, 3.05) is 13.7 Å². The fourth-order valence-electron chi connectivity index (χ4n) is 2.20. The zero-order valence-corrected chi connectivity index (χ0v) is 15.5. The van der Waals surface area contributed by atoms with Gasteiger partial charge in [-0.15, -0.1) is 0 Å². The maximum atomic E-state index is 11.8. The van der Waals surface area contributed by atoms with E-state index in [-0.39, 0.29) is 16.2 Å². The van der Waals surface area contributed by atoms with Gasteiger partial charge in [-0.1, -0.05) is 27.7 Å². The highest BCUT2D eigenvalue weighted by Crippen LogP contribution is 2.42. The fraction of sp³-hybridized carbons (Fsp3) is 0.812. The molecule has 0 aromatic carbocycles. The first-order valence-corrected chi connectivity index (χ1v) is 10.5. The first kappa shape index (κ1) is 18.2. The molecule has 0 aliphatic heterocycles. The summed E-state index contributed by atoms with van der Waals surface area (Å²) in [4.78, 5) is 11.8. The minimum Gasteiger partial charge on any atom is -0.512 e. The second-order valence-electron chi connectivity index (χ2n) is 7.95. The summed E-state index contributed by atoms with van der Waals surface area (Å²) in [6, 6.07) is 0. The van der Waals surface area contributed by atoms with E-state index in [9.17, 15) is 9.90 Å². The van der Waals surface area contributed by atoms with Gasteiger partial charge in [0, 0.05) is 13.0 Å². The van der Waals surface area contributed by atoms with Crippen molar-refractivity contribution in [1.29, 1.82) is 0 Å². The van der Waals surface area contributed by atoms with E-state index < -0.39 is 14.3 Å². The molecule has 0 aromatic rings. The van der Waals surface area contributed by atoms with Crippen molar-refractivity contribution >= 4 is 14.3 Å². The highest BCUT2D eigenvalue weighted by molar-refractivity contribution is 6.74. The number of ether oxygens (including phenoxy) is 1. The van der Waals surface area contributed by atoms with E-state index in [0.717, 1.165) is 6.42 Å². The summed E-state index contributed by atoms with van der Waals surface area (Å²) in [5.74, 6) is -0.252. The Morgan fingerprint density at radius 2 is 1.95 bits per heavy atom. The molecule has 0 fully saturated rings. The molecular formula is C16H30O4Si. The highest BCUT2D eigenvalue weighted by Gasteiger charge is 2.41. The number of hydrogen-bond donors (Lipinski definition) is 1. The lowest BCUT2D eigenvalue weighted by Crippen LogP contribution is -2.44. The van der Waals surface area contributed by atoms with E-state index in [0.29, 0.717) is 25.0 Å². The highest BCUT2D eigenvalue weighted by atomic mass is 28.4. The van der Waals surface area contributed by atoms with Crippen molar-refractivity contribution in [2.45, 2.75) is 65.1 Å². The molecule has 122 valence electrons. The van der Waals surface area contributed by atoms with E-state index in [4.69, 9.17) is 9.16 Å². The molecule has 21 heavy (non-hydrogen) atoms. The van der Waals surface area contributed by atoms with Crippen molar-refractivity contribution in [3.8, 4) is 0 Å². The Labute approximate surface area is 129 Å². The molecule has 0 aromatic heterocycles. The Morgan fingerprint density at radius 1 is 1.38 bits per heavy atom. The third-order valence-electron chi connectivity index (χ3n) is 4.94. The van der Waals surface area contributed by atoms with E-state index in [2.05, 4.69) is 40.8 Å². The minimum absolute atomic E-state index is 0.120. The van der Waals surface area contributed by atoms with Crippen LogP contribution in [0.4, 0.5) is 0 Å². The predicted octanol–water partition coefficient (Wildman–Crippen LogP) is 4.18. The van der Waals surface area contributed by atoms with Crippen LogP contribution >= 0.6 is 0 Å². The molecule has 0 heterocycles. The normalized spacial score (nSPS) is 24.1. The van der Waals surface area contributed by atoms with Crippen LogP contribution in [-0.4, -0.2) is 33.1 Å². The third-order valence-corrected chi connectivity index (χ3v) is 9.42. The maximum Gasteiger partial charge on any atom is 0.337 e. The smallest absolute Gasteiger partial charge is 0.337 e. The molecule has 1 aliphatic carbocycles. The first-order chi connectivity index (χ1) is 9.42. The van der Waals surface area contributed by atoms with Gasteiger partial charge in [-0.2, -0.15) is 0 Å². The van der Waals surface area contributed by atoms with Crippen LogP contribution in [0.1, 0.15) is 47.0 Å². The SMILES string of the molecule is COC(=O)C1=C(O)CCC(C)(CO[Si](C)(C)C(C)(C)C)C1.